The lowest BCUT2D eigenvalue weighted by Crippen LogP contribution is -2.16. The first-order valence-corrected chi connectivity index (χ1v) is 6.19. The molecule has 7 heteroatoms. The van der Waals surface area contributed by atoms with E-state index in [0.29, 0.717) is 17.8 Å². The van der Waals surface area contributed by atoms with Crippen LogP contribution < -0.4 is 16.4 Å². The highest BCUT2D eigenvalue weighted by molar-refractivity contribution is 6.01. The van der Waals surface area contributed by atoms with Gasteiger partial charge in [-0.1, -0.05) is 6.07 Å². The van der Waals surface area contributed by atoms with Gasteiger partial charge in [-0.25, -0.2) is 9.37 Å². The van der Waals surface area contributed by atoms with Gasteiger partial charge in [0.15, 0.2) is 0 Å². The summed E-state index contributed by atoms with van der Waals surface area (Å²) in [6.07, 6.45) is 1.23. The summed E-state index contributed by atoms with van der Waals surface area (Å²) in [4.78, 5) is 26.9. The number of pyridine rings is 1. The Balaban J connectivity index is 2.05. The summed E-state index contributed by atoms with van der Waals surface area (Å²) in [6, 6.07) is 6.16. The molecule has 106 valence electrons. The average Bonchev–Trinajstić information content (AvgIpc) is 2.81. The zero-order valence-corrected chi connectivity index (χ0v) is 10.8. The number of nitrogens with zero attached hydrogens (tertiary/aromatic N) is 1. The van der Waals surface area contributed by atoms with Crippen LogP contribution in [0.1, 0.15) is 26.3 Å². The number of primary amides is 1. The van der Waals surface area contributed by atoms with Crippen LogP contribution in [0.3, 0.4) is 0 Å². The molecule has 0 atom stereocenters. The van der Waals surface area contributed by atoms with E-state index in [-0.39, 0.29) is 17.3 Å². The molecule has 2 aromatic rings. The highest BCUT2D eigenvalue weighted by Gasteiger charge is 2.23. The maximum absolute atomic E-state index is 13.7. The maximum atomic E-state index is 13.7. The Bertz CT molecular complexity index is 761. The first-order chi connectivity index (χ1) is 10.1. The van der Waals surface area contributed by atoms with E-state index in [0.717, 1.165) is 11.6 Å². The van der Waals surface area contributed by atoms with E-state index in [1.54, 1.807) is 18.2 Å². The highest BCUT2D eigenvalue weighted by Crippen LogP contribution is 2.28. The predicted molar refractivity (Wildman–Crippen MR) is 73.6 cm³/mol. The normalized spacial score (nSPS) is 12.7. The number of carbonyl (C=O) groups is 2. The lowest BCUT2D eigenvalue weighted by Gasteiger charge is -2.12. The Morgan fingerprint density at radius 2 is 2.19 bits per heavy atom. The van der Waals surface area contributed by atoms with Crippen molar-refractivity contribution in [2.24, 2.45) is 5.73 Å². The number of benzene rings is 1. The van der Waals surface area contributed by atoms with Gasteiger partial charge in [-0.2, -0.15) is 0 Å². The minimum atomic E-state index is -0.912. The Labute approximate surface area is 119 Å². The molecule has 0 spiro atoms. The minimum Gasteiger partial charge on any atom is -0.365 e. The van der Waals surface area contributed by atoms with Crippen LogP contribution in [0.4, 0.5) is 15.9 Å². The molecule has 0 saturated carbocycles. The first kappa shape index (κ1) is 13.0. The summed E-state index contributed by atoms with van der Waals surface area (Å²) < 4.78 is 13.7. The SMILES string of the molecule is NC(=O)c1c(F)ccnc1Nc1cccc2c1CNC2=O. The molecule has 0 aliphatic carbocycles. The van der Waals surface area contributed by atoms with Crippen molar-refractivity contribution < 1.29 is 14.0 Å². The van der Waals surface area contributed by atoms with Crippen LogP contribution in [0.15, 0.2) is 30.5 Å². The lowest BCUT2D eigenvalue weighted by atomic mass is 10.1. The zero-order valence-electron chi connectivity index (χ0n) is 10.8. The van der Waals surface area contributed by atoms with E-state index in [4.69, 9.17) is 5.73 Å². The summed E-state index contributed by atoms with van der Waals surface area (Å²) in [6.45, 7) is 0.360. The summed E-state index contributed by atoms with van der Waals surface area (Å²) >= 11 is 0. The van der Waals surface area contributed by atoms with E-state index in [9.17, 15) is 14.0 Å². The number of anilines is 2. The number of hydrogen-bond acceptors (Lipinski definition) is 4. The number of aromatic nitrogens is 1. The van der Waals surface area contributed by atoms with Gasteiger partial charge < -0.3 is 16.4 Å². The van der Waals surface area contributed by atoms with Gasteiger partial charge in [0.1, 0.15) is 17.2 Å². The molecule has 2 heterocycles. The number of rotatable bonds is 3. The summed E-state index contributed by atoms with van der Waals surface area (Å²) in [5, 5.41) is 5.57. The van der Waals surface area contributed by atoms with E-state index in [1.807, 2.05) is 0 Å². The molecule has 0 saturated heterocycles. The van der Waals surface area contributed by atoms with E-state index in [2.05, 4.69) is 15.6 Å². The number of nitrogens with two attached hydrogens (primary N) is 1. The van der Waals surface area contributed by atoms with Gasteiger partial charge in [-0.3, -0.25) is 9.59 Å². The molecule has 6 nitrogen and oxygen atoms in total. The molecule has 0 fully saturated rings. The van der Waals surface area contributed by atoms with Crippen LogP contribution in [0.2, 0.25) is 0 Å². The van der Waals surface area contributed by atoms with Crippen molar-refractivity contribution in [2.75, 3.05) is 5.32 Å². The van der Waals surface area contributed by atoms with Crippen LogP contribution in [0.5, 0.6) is 0 Å². The van der Waals surface area contributed by atoms with E-state index < -0.39 is 11.7 Å². The third-order valence-electron chi connectivity index (χ3n) is 3.25. The molecule has 1 aromatic carbocycles. The fourth-order valence-electron chi connectivity index (χ4n) is 2.27. The van der Waals surface area contributed by atoms with Crippen molar-refractivity contribution in [1.82, 2.24) is 10.3 Å². The minimum absolute atomic E-state index is 0.0234. The standard InChI is InChI=1S/C14H11FN4O2/c15-9-4-5-17-13(11(9)12(16)20)19-10-3-1-2-7-8(10)6-18-14(7)21/h1-5H,6H2,(H2,16,20)(H,17,19)(H,18,21). The molecule has 2 amide bonds. The van der Waals surface area contributed by atoms with Gasteiger partial charge in [0.05, 0.1) is 0 Å². The molecular formula is C14H11FN4O2. The van der Waals surface area contributed by atoms with E-state index >= 15 is 0 Å². The van der Waals surface area contributed by atoms with Gasteiger partial charge >= 0.3 is 0 Å². The third kappa shape index (κ3) is 2.18. The van der Waals surface area contributed by atoms with Crippen LogP contribution in [0.25, 0.3) is 0 Å². The van der Waals surface area contributed by atoms with Crippen LogP contribution in [-0.2, 0) is 6.54 Å². The van der Waals surface area contributed by atoms with Gasteiger partial charge in [-0.05, 0) is 18.2 Å². The number of carbonyl (C=O) groups excluding carboxylic acids is 2. The number of nitrogens with one attached hydrogen (secondary N) is 2. The van der Waals surface area contributed by atoms with Crippen molar-refractivity contribution >= 4 is 23.3 Å². The third-order valence-corrected chi connectivity index (χ3v) is 3.25. The van der Waals surface area contributed by atoms with Gasteiger partial charge in [0.25, 0.3) is 11.8 Å². The Morgan fingerprint density at radius 3 is 2.95 bits per heavy atom. The van der Waals surface area contributed by atoms with Crippen LogP contribution in [0, 0.1) is 5.82 Å². The largest absolute Gasteiger partial charge is 0.365 e. The molecule has 1 aromatic heterocycles. The van der Waals surface area contributed by atoms with Gasteiger partial charge in [-0.15, -0.1) is 0 Å². The summed E-state index contributed by atoms with van der Waals surface area (Å²) in [7, 11) is 0. The second-order valence-electron chi connectivity index (χ2n) is 4.52. The topological polar surface area (TPSA) is 97.1 Å². The molecule has 1 aliphatic rings. The Morgan fingerprint density at radius 1 is 1.38 bits per heavy atom. The van der Waals surface area contributed by atoms with E-state index in [1.165, 1.54) is 6.20 Å². The first-order valence-electron chi connectivity index (χ1n) is 6.19. The quantitative estimate of drug-likeness (QED) is 0.792. The number of fused-ring (bicyclic) bond motifs is 1. The van der Waals surface area contributed by atoms with Crippen molar-refractivity contribution in [3.63, 3.8) is 0 Å². The molecule has 1 aliphatic heterocycles. The highest BCUT2D eigenvalue weighted by atomic mass is 19.1. The molecule has 0 bridgehead atoms. The molecule has 3 rings (SSSR count). The fraction of sp³-hybridized carbons (Fsp3) is 0.0714. The van der Waals surface area contributed by atoms with Gasteiger partial charge in [0.2, 0.25) is 0 Å². The molecule has 21 heavy (non-hydrogen) atoms. The van der Waals surface area contributed by atoms with Crippen molar-refractivity contribution in [1.29, 1.82) is 0 Å². The zero-order chi connectivity index (χ0) is 15.0. The number of halogens is 1. The molecule has 0 radical (unpaired) electrons. The summed E-state index contributed by atoms with van der Waals surface area (Å²) in [5.41, 5.74) is 6.72. The molecule has 4 N–H and O–H groups in total. The number of amides is 2. The Hall–Kier alpha value is -2.96. The second-order valence-corrected chi connectivity index (χ2v) is 4.52. The predicted octanol–water partition coefficient (Wildman–Crippen LogP) is 1.31. The second kappa shape index (κ2) is 4.86. The van der Waals surface area contributed by atoms with Crippen molar-refractivity contribution in [2.45, 2.75) is 6.54 Å². The van der Waals surface area contributed by atoms with Gasteiger partial charge in [0, 0.05) is 29.6 Å². The maximum Gasteiger partial charge on any atom is 0.255 e. The van der Waals surface area contributed by atoms with Crippen molar-refractivity contribution in [3.05, 3.63) is 53.0 Å². The average molecular weight is 286 g/mol. The molecular weight excluding hydrogens is 275 g/mol. The van der Waals surface area contributed by atoms with Crippen molar-refractivity contribution in [3.8, 4) is 0 Å². The van der Waals surface area contributed by atoms with Crippen LogP contribution in [-0.4, -0.2) is 16.8 Å². The Kier molecular flexibility index (Phi) is 3.02. The summed E-state index contributed by atoms with van der Waals surface area (Å²) in [5.74, 6) is -1.81. The monoisotopic (exact) mass is 286 g/mol. The fourth-order valence-corrected chi connectivity index (χ4v) is 2.27. The smallest absolute Gasteiger partial charge is 0.255 e. The number of hydrogen-bond donors (Lipinski definition) is 3. The molecule has 0 unspecified atom stereocenters. The lowest BCUT2D eigenvalue weighted by molar-refractivity contribution is 0.0963. The van der Waals surface area contributed by atoms with Crippen LogP contribution >= 0.6 is 0 Å².